The maximum atomic E-state index is 10.0. The molecule has 0 spiro atoms. The Morgan fingerprint density at radius 3 is 2.42 bits per heavy atom. The van der Waals surface area contributed by atoms with E-state index in [1.54, 1.807) is 11.8 Å². The minimum absolute atomic E-state index is 0.246. The molecule has 1 N–H and O–H groups in total. The molecule has 2 aromatic rings. The summed E-state index contributed by atoms with van der Waals surface area (Å²) in [6, 6.07) is 18.7. The normalized spacial score (nSPS) is 12.3. The lowest BCUT2D eigenvalue weighted by molar-refractivity contribution is 0.189. The number of hydrogen-bond donors (Lipinski definition) is 1. The summed E-state index contributed by atoms with van der Waals surface area (Å²) < 4.78 is 0. The number of aryl methyl sites for hydroxylation is 2. The molecule has 0 aromatic heterocycles. The molecule has 2 aromatic carbocycles. The summed E-state index contributed by atoms with van der Waals surface area (Å²) in [5.41, 5.74) is 2.57. The maximum Gasteiger partial charge on any atom is 0.0637 e. The molecule has 100 valence electrons. The van der Waals surface area contributed by atoms with Gasteiger partial charge >= 0.3 is 0 Å². The Kier molecular flexibility index (Phi) is 5.49. The number of aliphatic hydroxyl groups is 1. The maximum absolute atomic E-state index is 10.0. The Bertz CT molecular complexity index is 496. The number of aliphatic hydroxyl groups excluding tert-OH is 1. The van der Waals surface area contributed by atoms with Crippen molar-refractivity contribution in [1.29, 1.82) is 0 Å². The van der Waals surface area contributed by atoms with Crippen LogP contribution in [0.1, 0.15) is 17.5 Å². The summed E-state index contributed by atoms with van der Waals surface area (Å²) in [7, 11) is 0. The minimum Gasteiger partial charge on any atom is -0.392 e. The third-order valence-electron chi connectivity index (χ3n) is 3.13. The first-order valence-corrected chi connectivity index (χ1v) is 7.64. The van der Waals surface area contributed by atoms with Gasteiger partial charge in [0, 0.05) is 10.6 Å². The first-order chi connectivity index (χ1) is 9.25. The van der Waals surface area contributed by atoms with Crippen LogP contribution in [0.3, 0.4) is 0 Å². The first-order valence-electron chi connectivity index (χ1n) is 6.66. The SMILES string of the molecule is Cc1ccccc1SCC(O)CCc1ccccc1. The van der Waals surface area contributed by atoms with E-state index in [4.69, 9.17) is 0 Å². The van der Waals surface area contributed by atoms with Gasteiger partial charge in [0.05, 0.1) is 6.10 Å². The molecule has 2 rings (SSSR count). The molecule has 0 amide bonds. The molecule has 0 bridgehead atoms. The van der Waals surface area contributed by atoms with Crippen molar-refractivity contribution in [3.63, 3.8) is 0 Å². The molecule has 0 aliphatic heterocycles. The Balaban J connectivity index is 1.76. The summed E-state index contributed by atoms with van der Waals surface area (Å²) >= 11 is 1.74. The van der Waals surface area contributed by atoms with Crippen LogP contribution in [0.2, 0.25) is 0 Å². The molecular weight excluding hydrogens is 252 g/mol. The van der Waals surface area contributed by atoms with Gasteiger partial charge in [0.15, 0.2) is 0 Å². The largest absolute Gasteiger partial charge is 0.392 e. The topological polar surface area (TPSA) is 20.2 Å². The summed E-state index contributed by atoms with van der Waals surface area (Å²) in [6.45, 7) is 2.11. The average molecular weight is 272 g/mol. The van der Waals surface area contributed by atoms with Crippen LogP contribution in [0.4, 0.5) is 0 Å². The highest BCUT2D eigenvalue weighted by molar-refractivity contribution is 7.99. The molecule has 0 radical (unpaired) electrons. The van der Waals surface area contributed by atoms with Crippen molar-refractivity contribution in [3.05, 3.63) is 65.7 Å². The molecule has 0 saturated heterocycles. The van der Waals surface area contributed by atoms with Crippen molar-refractivity contribution in [3.8, 4) is 0 Å². The highest BCUT2D eigenvalue weighted by Crippen LogP contribution is 2.23. The Morgan fingerprint density at radius 2 is 1.68 bits per heavy atom. The van der Waals surface area contributed by atoms with Crippen molar-refractivity contribution in [2.24, 2.45) is 0 Å². The van der Waals surface area contributed by atoms with Crippen LogP contribution in [0, 0.1) is 6.92 Å². The zero-order valence-electron chi connectivity index (χ0n) is 11.3. The molecule has 19 heavy (non-hydrogen) atoms. The van der Waals surface area contributed by atoms with E-state index >= 15 is 0 Å². The third-order valence-corrected chi connectivity index (χ3v) is 4.45. The fourth-order valence-corrected chi connectivity index (χ4v) is 2.97. The van der Waals surface area contributed by atoms with Gasteiger partial charge < -0.3 is 5.11 Å². The fourth-order valence-electron chi connectivity index (χ4n) is 1.97. The zero-order valence-corrected chi connectivity index (χ0v) is 12.1. The molecular formula is C17H20OS. The second-order valence-electron chi connectivity index (χ2n) is 4.75. The van der Waals surface area contributed by atoms with Crippen molar-refractivity contribution in [1.82, 2.24) is 0 Å². The molecule has 1 atom stereocenters. The molecule has 0 saturated carbocycles. The van der Waals surface area contributed by atoms with Crippen molar-refractivity contribution < 1.29 is 5.11 Å². The van der Waals surface area contributed by atoms with Gasteiger partial charge in [-0.1, -0.05) is 48.5 Å². The predicted molar refractivity (Wildman–Crippen MR) is 82.7 cm³/mol. The van der Waals surface area contributed by atoms with E-state index in [-0.39, 0.29) is 6.10 Å². The molecule has 0 fully saturated rings. The van der Waals surface area contributed by atoms with Crippen LogP contribution in [-0.2, 0) is 6.42 Å². The van der Waals surface area contributed by atoms with Gasteiger partial charge in [0.1, 0.15) is 0 Å². The Hall–Kier alpha value is -1.25. The van der Waals surface area contributed by atoms with Crippen LogP contribution in [0.5, 0.6) is 0 Å². The lowest BCUT2D eigenvalue weighted by Crippen LogP contribution is -2.11. The van der Waals surface area contributed by atoms with E-state index < -0.39 is 0 Å². The van der Waals surface area contributed by atoms with Crippen molar-refractivity contribution in [2.75, 3.05) is 5.75 Å². The van der Waals surface area contributed by atoms with Gasteiger partial charge in [-0.25, -0.2) is 0 Å². The molecule has 2 heteroatoms. The number of benzene rings is 2. The number of hydrogen-bond acceptors (Lipinski definition) is 2. The molecule has 0 aliphatic rings. The van der Waals surface area contributed by atoms with Gasteiger partial charge in [0.25, 0.3) is 0 Å². The van der Waals surface area contributed by atoms with Crippen molar-refractivity contribution >= 4 is 11.8 Å². The smallest absolute Gasteiger partial charge is 0.0637 e. The quantitative estimate of drug-likeness (QED) is 0.800. The summed E-state index contributed by atoms with van der Waals surface area (Å²) in [5, 5.41) is 10.0. The Morgan fingerprint density at radius 1 is 1.00 bits per heavy atom. The van der Waals surface area contributed by atoms with E-state index in [0.29, 0.717) is 0 Å². The van der Waals surface area contributed by atoms with E-state index in [2.05, 4.69) is 31.2 Å². The highest BCUT2D eigenvalue weighted by atomic mass is 32.2. The van der Waals surface area contributed by atoms with E-state index in [0.717, 1.165) is 18.6 Å². The number of thioether (sulfide) groups is 1. The number of rotatable bonds is 6. The van der Waals surface area contributed by atoms with Crippen LogP contribution in [-0.4, -0.2) is 17.0 Å². The van der Waals surface area contributed by atoms with Gasteiger partial charge in [-0.3, -0.25) is 0 Å². The van der Waals surface area contributed by atoms with E-state index in [9.17, 15) is 5.11 Å². The second kappa shape index (κ2) is 7.37. The minimum atomic E-state index is -0.246. The molecule has 0 heterocycles. The van der Waals surface area contributed by atoms with Crippen molar-refractivity contribution in [2.45, 2.75) is 30.8 Å². The summed E-state index contributed by atoms with van der Waals surface area (Å²) in [6.07, 6.45) is 1.52. The first kappa shape index (κ1) is 14.2. The lowest BCUT2D eigenvalue weighted by atomic mass is 10.1. The molecule has 1 unspecified atom stereocenters. The van der Waals surface area contributed by atoms with Gasteiger partial charge in [0.2, 0.25) is 0 Å². The van der Waals surface area contributed by atoms with Gasteiger partial charge in [-0.15, -0.1) is 11.8 Å². The third kappa shape index (κ3) is 4.73. The van der Waals surface area contributed by atoms with E-state index in [1.165, 1.54) is 16.0 Å². The summed E-state index contributed by atoms with van der Waals surface area (Å²) in [5.74, 6) is 0.762. The lowest BCUT2D eigenvalue weighted by Gasteiger charge is -2.11. The standard InChI is InChI=1S/C17H20OS/c1-14-7-5-6-10-17(14)19-13-16(18)12-11-15-8-3-2-4-9-15/h2-10,16,18H,11-13H2,1H3. The monoisotopic (exact) mass is 272 g/mol. The predicted octanol–water partition coefficient (Wildman–Crippen LogP) is 4.08. The summed E-state index contributed by atoms with van der Waals surface area (Å²) in [4.78, 5) is 1.27. The zero-order chi connectivity index (χ0) is 13.5. The van der Waals surface area contributed by atoms with Crippen LogP contribution in [0.15, 0.2) is 59.5 Å². The average Bonchev–Trinajstić information content (AvgIpc) is 2.45. The fraction of sp³-hybridized carbons (Fsp3) is 0.294. The van der Waals surface area contributed by atoms with E-state index in [1.807, 2.05) is 30.3 Å². The van der Waals surface area contributed by atoms with Gasteiger partial charge in [-0.2, -0.15) is 0 Å². The van der Waals surface area contributed by atoms with Crippen LogP contribution < -0.4 is 0 Å². The van der Waals surface area contributed by atoms with Gasteiger partial charge in [-0.05, 0) is 37.0 Å². The molecule has 0 aliphatic carbocycles. The second-order valence-corrected chi connectivity index (χ2v) is 5.82. The van der Waals surface area contributed by atoms with Crippen LogP contribution >= 0.6 is 11.8 Å². The van der Waals surface area contributed by atoms with Crippen LogP contribution in [0.25, 0.3) is 0 Å². The Labute approximate surface area is 119 Å². The highest BCUT2D eigenvalue weighted by Gasteiger charge is 2.06. The molecule has 1 nitrogen and oxygen atoms in total.